The number of halogens is 1. The van der Waals surface area contributed by atoms with Crippen molar-refractivity contribution in [3.8, 4) is 0 Å². The zero-order valence-corrected chi connectivity index (χ0v) is 20.3. The molecule has 3 amide bonds. The first kappa shape index (κ1) is 24.8. The molecule has 1 saturated carbocycles. The first-order valence-corrected chi connectivity index (χ1v) is 12.0. The summed E-state index contributed by atoms with van der Waals surface area (Å²) in [6.45, 7) is 3.90. The van der Waals surface area contributed by atoms with Gasteiger partial charge in [-0.3, -0.25) is 19.6 Å². The molecule has 0 saturated heterocycles. The molecular formula is C26H29ClN4O4. The molecule has 2 unspecified atom stereocenters. The van der Waals surface area contributed by atoms with Crippen molar-refractivity contribution in [3.63, 3.8) is 0 Å². The smallest absolute Gasteiger partial charge is 0.262 e. The standard InChI is InChI=1S/C26H29ClN4O4/c1-15(2)19-13-26(19,22(27)24(33)31-35)25(34)30-21(23(32)29-17-8-4-3-5-9-17)12-16-14-28-20-11-7-6-10-18(16)20/h3-11,14-15,19,21-22,28,35H,12-13H2,1-2H3,(H,29,32)(H,30,34)(H,31,33)/t19?,21-,22-,26?/m0/s1. The molecule has 4 atom stereocenters. The van der Waals surface area contributed by atoms with Gasteiger partial charge in [0.2, 0.25) is 11.8 Å². The third-order valence-electron chi connectivity index (χ3n) is 6.84. The van der Waals surface area contributed by atoms with E-state index in [0.29, 0.717) is 12.1 Å². The van der Waals surface area contributed by atoms with Crippen LogP contribution < -0.4 is 16.1 Å². The van der Waals surface area contributed by atoms with Gasteiger partial charge in [0.15, 0.2) is 0 Å². The van der Waals surface area contributed by atoms with Crippen LogP contribution in [0.1, 0.15) is 25.8 Å². The first-order chi connectivity index (χ1) is 16.8. The Labute approximate surface area is 208 Å². The van der Waals surface area contributed by atoms with Crippen molar-refractivity contribution in [2.45, 2.75) is 38.1 Å². The summed E-state index contributed by atoms with van der Waals surface area (Å²) in [5.74, 6) is -1.78. The molecule has 1 fully saturated rings. The molecule has 184 valence electrons. The lowest BCUT2D eigenvalue weighted by Crippen LogP contribution is -2.52. The van der Waals surface area contributed by atoms with Crippen LogP contribution in [0.25, 0.3) is 10.9 Å². The van der Waals surface area contributed by atoms with Crippen molar-refractivity contribution in [3.05, 3.63) is 66.4 Å². The van der Waals surface area contributed by atoms with E-state index in [1.807, 2.05) is 50.4 Å². The number of hydrogen-bond donors (Lipinski definition) is 5. The Morgan fingerprint density at radius 2 is 1.77 bits per heavy atom. The number of carbonyl (C=O) groups is 3. The maximum atomic E-state index is 13.6. The van der Waals surface area contributed by atoms with Gasteiger partial charge >= 0.3 is 0 Å². The Morgan fingerprint density at radius 3 is 2.43 bits per heavy atom. The number of benzene rings is 2. The average Bonchev–Trinajstić information content (AvgIpc) is 3.52. The van der Waals surface area contributed by atoms with Gasteiger partial charge in [-0.15, -0.1) is 11.6 Å². The SMILES string of the molecule is CC(C)C1CC1(C(=O)N[C@@H](Cc1c[nH]c2ccccc12)C(=O)Nc1ccccc1)[C@@H](Cl)C(=O)NO. The molecule has 2 aromatic carbocycles. The molecule has 1 heterocycles. The lowest BCUT2D eigenvalue weighted by atomic mass is 9.91. The fourth-order valence-electron chi connectivity index (χ4n) is 4.87. The first-order valence-electron chi connectivity index (χ1n) is 11.6. The number of para-hydroxylation sites is 2. The molecule has 5 N–H and O–H groups in total. The molecule has 1 aliphatic rings. The summed E-state index contributed by atoms with van der Waals surface area (Å²) in [6.07, 6.45) is 2.45. The summed E-state index contributed by atoms with van der Waals surface area (Å²) in [6, 6.07) is 15.8. The second-order valence-electron chi connectivity index (χ2n) is 9.38. The number of rotatable bonds is 9. The number of aromatic amines is 1. The molecule has 1 aliphatic carbocycles. The summed E-state index contributed by atoms with van der Waals surface area (Å²) in [4.78, 5) is 42.3. The topological polar surface area (TPSA) is 123 Å². The number of H-pyrrole nitrogens is 1. The third-order valence-corrected chi connectivity index (χ3v) is 7.43. The van der Waals surface area contributed by atoms with Gasteiger partial charge in [-0.05, 0) is 42.0 Å². The van der Waals surface area contributed by atoms with Gasteiger partial charge in [-0.2, -0.15) is 0 Å². The maximum Gasteiger partial charge on any atom is 0.262 e. The molecule has 8 nitrogen and oxygen atoms in total. The second-order valence-corrected chi connectivity index (χ2v) is 9.81. The number of hydrogen-bond acceptors (Lipinski definition) is 4. The van der Waals surface area contributed by atoms with E-state index in [1.54, 1.807) is 29.7 Å². The highest BCUT2D eigenvalue weighted by atomic mass is 35.5. The van der Waals surface area contributed by atoms with Crippen LogP contribution in [0.5, 0.6) is 0 Å². The minimum Gasteiger partial charge on any atom is -0.361 e. The molecule has 9 heteroatoms. The van der Waals surface area contributed by atoms with Gasteiger partial charge in [-0.1, -0.05) is 50.2 Å². The van der Waals surface area contributed by atoms with Crippen LogP contribution in [-0.4, -0.2) is 39.3 Å². The number of fused-ring (bicyclic) bond motifs is 1. The normalized spacial score (nSPS) is 20.8. The molecule has 1 aromatic heterocycles. The molecule has 0 spiro atoms. The summed E-state index contributed by atoms with van der Waals surface area (Å²) in [7, 11) is 0. The Hall–Kier alpha value is -3.36. The van der Waals surface area contributed by atoms with Gasteiger partial charge in [0.25, 0.3) is 5.91 Å². The fourth-order valence-corrected chi connectivity index (χ4v) is 5.27. The molecule has 4 rings (SSSR count). The summed E-state index contributed by atoms with van der Waals surface area (Å²) < 4.78 is 0. The van der Waals surface area contributed by atoms with Crippen LogP contribution in [0.4, 0.5) is 5.69 Å². The van der Waals surface area contributed by atoms with Crippen molar-refractivity contribution in [2.24, 2.45) is 17.3 Å². The molecule has 3 aromatic rings. The molecule has 0 bridgehead atoms. The van der Waals surface area contributed by atoms with Crippen LogP contribution in [-0.2, 0) is 20.8 Å². The van der Waals surface area contributed by atoms with E-state index in [2.05, 4.69) is 15.6 Å². The van der Waals surface area contributed by atoms with E-state index in [4.69, 9.17) is 16.8 Å². The van der Waals surface area contributed by atoms with Crippen LogP contribution in [0.15, 0.2) is 60.8 Å². The highest BCUT2D eigenvalue weighted by Gasteiger charge is 2.67. The molecular weight excluding hydrogens is 468 g/mol. The third kappa shape index (κ3) is 4.90. The second kappa shape index (κ2) is 10.1. The van der Waals surface area contributed by atoms with E-state index in [9.17, 15) is 14.4 Å². The lowest BCUT2D eigenvalue weighted by molar-refractivity contribution is -0.137. The Morgan fingerprint density at radius 1 is 1.09 bits per heavy atom. The van der Waals surface area contributed by atoms with Crippen LogP contribution in [0, 0.1) is 17.3 Å². The lowest BCUT2D eigenvalue weighted by Gasteiger charge is -2.26. The average molecular weight is 497 g/mol. The highest BCUT2D eigenvalue weighted by molar-refractivity contribution is 6.33. The van der Waals surface area contributed by atoms with E-state index in [-0.39, 0.29) is 24.2 Å². The van der Waals surface area contributed by atoms with Gasteiger partial charge in [-0.25, -0.2) is 5.48 Å². The fraction of sp³-hybridized carbons (Fsp3) is 0.346. The summed E-state index contributed by atoms with van der Waals surface area (Å²) >= 11 is 6.39. The minimum atomic E-state index is -1.27. The van der Waals surface area contributed by atoms with E-state index >= 15 is 0 Å². The molecule has 35 heavy (non-hydrogen) atoms. The Bertz CT molecular complexity index is 1230. The zero-order chi connectivity index (χ0) is 25.2. The van der Waals surface area contributed by atoms with Crippen LogP contribution >= 0.6 is 11.6 Å². The van der Waals surface area contributed by atoms with Crippen molar-refractivity contribution in [1.29, 1.82) is 0 Å². The number of aromatic nitrogens is 1. The molecule has 0 radical (unpaired) electrons. The number of alkyl halides is 1. The van der Waals surface area contributed by atoms with E-state index < -0.39 is 28.6 Å². The molecule has 0 aliphatic heterocycles. The highest BCUT2D eigenvalue weighted by Crippen LogP contribution is 2.60. The van der Waals surface area contributed by atoms with Crippen molar-refractivity contribution in [2.75, 3.05) is 5.32 Å². The Kier molecular flexibility index (Phi) is 7.14. The van der Waals surface area contributed by atoms with E-state index in [0.717, 1.165) is 16.5 Å². The van der Waals surface area contributed by atoms with E-state index in [1.165, 1.54) is 0 Å². The number of carbonyl (C=O) groups excluding carboxylic acids is 3. The number of hydroxylamine groups is 1. The maximum absolute atomic E-state index is 13.6. The summed E-state index contributed by atoms with van der Waals surface area (Å²) in [5, 5.41) is 14.5. The Balaban J connectivity index is 1.63. The minimum absolute atomic E-state index is 0.0821. The van der Waals surface area contributed by atoms with Gasteiger partial charge < -0.3 is 15.6 Å². The van der Waals surface area contributed by atoms with Crippen molar-refractivity contribution in [1.82, 2.24) is 15.8 Å². The van der Waals surface area contributed by atoms with Crippen LogP contribution in [0.2, 0.25) is 0 Å². The van der Waals surface area contributed by atoms with Gasteiger partial charge in [0, 0.05) is 29.2 Å². The number of anilines is 1. The summed E-state index contributed by atoms with van der Waals surface area (Å²) in [5.41, 5.74) is 2.74. The zero-order valence-electron chi connectivity index (χ0n) is 19.5. The quantitative estimate of drug-likeness (QED) is 0.176. The van der Waals surface area contributed by atoms with Gasteiger partial charge in [0.05, 0.1) is 5.41 Å². The number of amides is 3. The predicted molar refractivity (Wildman–Crippen MR) is 134 cm³/mol. The number of nitrogens with one attached hydrogen (secondary N) is 4. The van der Waals surface area contributed by atoms with Gasteiger partial charge in [0.1, 0.15) is 11.4 Å². The predicted octanol–water partition coefficient (Wildman–Crippen LogP) is 3.61. The largest absolute Gasteiger partial charge is 0.361 e. The van der Waals surface area contributed by atoms with Crippen molar-refractivity contribution < 1.29 is 19.6 Å². The van der Waals surface area contributed by atoms with Crippen molar-refractivity contribution >= 4 is 45.9 Å². The monoisotopic (exact) mass is 496 g/mol. The van der Waals surface area contributed by atoms with Crippen LogP contribution in [0.3, 0.4) is 0 Å².